The van der Waals surface area contributed by atoms with E-state index in [1.807, 2.05) is 0 Å². The quantitative estimate of drug-likeness (QED) is 0.237. The SMILES string of the molecule is CCOC(=O)C(CC1CNCCO1)(C(=O)OCC)C(=O)c1c(F)cc(C(=O)OC(C)(C)C)cc1F. The number of halogens is 2. The van der Waals surface area contributed by atoms with Crippen LogP contribution in [0.15, 0.2) is 12.1 Å². The molecule has 1 atom stereocenters. The normalized spacial score (nSPS) is 16.4. The molecule has 1 unspecified atom stereocenters. The maximum absolute atomic E-state index is 15.1. The van der Waals surface area contributed by atoms with E-state index < -0.39 is 70.0 Å². The standard InChI is InChI=1S/C24H31F2NO8/c1-6-32-21(30)24(22(31)33-7-2,12-15-13-27-8-9-34-15)19(28)18-16(25)10-14(11-17(18)26)20(29)35-23(3,4)5/h10-11,15,27H,6-9,12-13H2,1-5H3. The van der Waals surface area contributed by atoms with E-state index in [0.717, 1.165) is 0 Å². The fourth-order valence-corrected chi connectivity index (χ4v) is 3.59. The van der Waals surface area contributed by atoms with Crippen LogP contribution in [0.25, 0.3) is 0 Å². The van der Waals surface area contributed by atoms with Crippen molar-refractivity contribution in [2.75, 3.05) is 32.9 Å². The lowest BCUT2D eigenvalue weighted by molar-refractivity contribution is -0.170. The predicted molar refractivity (Wildman–Crippen MR) is 119 cm³/mol. The molecule has 0 saturated carbocycles. The Labute approximate surface area is 202 Å². The van der Waals surface area contributed by atoms with Crippen molar-refractivity contribution in [1.29, 1.82) is 0 Å². The largest absolute Gasteiger partial charge is 0.465 e. The van der Waals surface area contributed by atoms with Crippen LogP contribution in [-0.4, -0.2) is 68.3 Å². The van der Waals surface area contributed by atoms with Gasteiger partial charge >= 0.3 is 17.9 Å². The predicted octanol–water partition coefficient (Wildman–Crippen LogP) is 2.59. The summed E-state index contributed by atoms with van der Waals surface area (Å²) in [6.45, 7) is 8.12. The molecule has 1 N–H and O–H groups in total. The van der Waals surface area contributed by atoms with Gasteiger partial charge in [0.05, 0.1) is 37.1 Å². The van der Waals surface area contributed by atoms with E-state index in [2.05, 4.69) is 5.32 Å². The number of benzene rings is 1. The summed E-state index contributed by atoms with van der Waals surface area (Å²) in [6, 6.07) is 1.23. The Kier molecular flexibility index (Phi) is 9.45. The van der Waals surface area contributed by atoms with Gasteiger partial charge in [-0.2, -0.15) is 0 Å². The van der Waals surface area contributed by atoms with Gasteiger partial charge in [0.25, 0.3) is 0 Å². The molecule has 11 heteroatoms. The van der Waals surface area contributed by atoms with Gasteiger partial charge in [-0.05, 0) is 46.8 Å². The second-order valence-electron chi connectivity index (χ2n) is 8.89. The van der Waals surface area contributed by atoms with Crippen LogP contribution >= 0.6 is 0 Å². The van der Waals surface area contributed by atoms with Crippen molar-refractivity contribution in [1.82, 2.24) is 5.32 Å². The lowest BCUT2D eigenvalue weighted by Crippen LogP contribution is -2.53. The van der Waals surface area contributed by atoms with Crippen molar-refractivity contribution in [3.8, 4) is 0 Å². The average molecular weight is 500 g/mol. The second-order valence-corrected chi connectivity index (χ2v) is 8.89. The Bertz CT molecular complexity index is 926. The summed E-state index contributed by atoms with van der Waals surface area (Å²) < 4.78 is 51.0. The van der Waals surface area contributed by atoms with Gasteiger partial charge in [0.15, 0.2) is 5.78 Å². The molecule has 1 aromatic rings. The van der Waals surface area contributed by atoms with Gasteiger partial charge in [-0.15, -0.1) is 0 Å². The lowest BCUT2D eigenvalue weighted by atomic mass is 9.75. The van der Waals surface area contributed by atoms with Gasteiger partial charge in [0.2, 0.25) is 5.41 Å². The molecule has 1 fully saturated rings. The van der Waals surface area contributed by atoms with Crippen molar-refractivity contribution < 1.29 is 46.9 Å². The van der Waals surface area contributed by atoms with Crippen LogP contribution in [0.2, 0.25) is 0 Å². The van der Waals surface area contributed by atoms with Crippen molar-refractivity contribution in [3.63, 3.8) is 0 Å². The molecule has 0 amide bonds. The minimum atomic E-state index is -2.73. The summed E-state index contributed by atoms with van der Waals surface area (Å²) in [5.74, 6) is -8.03. The smallest absolute Gasteiger partial charge is 0.338 e. The Hall–Kier alpha value is -2.92. The van der Waals surface area contributed by atoms with Crippen LogP contribution in [0.4, 0.5) is 8.78 Å². The first kappa shape index (κ1) is 28.3. The summed E-state index contributed by atoms with van der Waals surface area (Å²) in [7, 11) is 0. The minimum Gasteiger partial charge on any atom is -0.465 e. The first-order valence-corrected chi connectivity index (χ1v) is 11.3. The van der Waals surface area contributed by atoms with Gasteiger partial charge in [-0.3, -0.25) is 14.4 Å². The van der Waals surface area contributed by atoms with E-state index in [0.29, 0.717) is 18.7 Å². The van der Waals surface area contributed by atoms with Crippen molar-refractivity contribution in [2.45, 2.75) is 52.7 Å². The van der Waals surface area contributed by atoms with E-state index in [-0.39, 0.29) is 26.4 Å². The second kappa shape index (κ2) is 11.7. The van der Waals surface area contributed by atoms with Crippen LogP contribution in [0.5, 0.6) is 0 Å². The molecular weight excluding hydrogens is 468 g/mol. The third kappa shape index (κ3) is 6.61. The molecule has 0 spiro atoms. The Morgan fingerprint density at radius 3 is 2.00 bits per heavy atom. The zero-order valence-electron chi connectivity index (χ0n) is 20.5. The highest BCUT2D eigenvalue weighted by Gasteiger charge is 2.58. The highest BCUT2D eigenvalue weighted by molar-refractivity contribution is 6.25. The topological polar surface area (TPSA) is 117 Å². The zero-order valence-corrected chi connectivity index (χ0v) is 20.5. The van der Waals surface area contributed by atoms with Gasteiger partial charge in [0, 0.05) is 19.5 Å². The number of nitrogens with one attached hydrogen (secondary N) is 1. The fraction of sp³-hybridized carbons (Fsp3) is 0.583. The molecular formula is C24H31F2NO8. The molecule has 0 aliphatic carbocycles. The highest BCUT2D eigenvalue weighted by Crippen LogP contribution is 2.36. The third-order valence-corrected chi connectivity index (χ3v) is 5.08. The van der Waals surface area contributed by atoms with E-state index in [9.17, 15) is 19.2 Å². The Morgan fingerprint density at radius 2 is 1.57 bits per heavy atom. The van der Waals surface area contributed by atoms with E-state index in [1.165, 1.54) is 13.8 Å². The number of rotatable bonds is 9. The molecule has 1 aromatic carbocycles. The molecule has 1 aliphatic rings. The Morgan fingerprint density at radius 1 is 1.03 bits per heavy atom. The summed E-state index contributed by atoms with van der Waals surface area (Å²) in [6.07, 6.45) is -1.39. The van der Waals surface area contributed by atoms with Crippen LogP contribution in [0.3, 0.4) is 0 Å². The summed E-state index contributed by atoms with van der Waals surface area (Å²) in [5, 5.41) is 3.00. The minimum absolute atomic E-state index is 0.177. The molecule has 194 valence electrons. The number of esters is 3. The van der Waals surface area contributed by atoms with Crippen molar-refractivity contribution in [2.24, 2.45) is 5.41 Å². The third-order valence-electron chi connectivity index (χ3n) is 5.08. The zero-order chi connectivity index (χ0) is 26.4. The Balaban J connectivity index is 2.62. The molecule has 0 bridgehead atoms. The summed E-state index contributed by atoms with van der Waals surface area (Å²) in [5.41, 5.74) is -5.33. The first-order chi connectivity index (χ1) is 16.4. The number of ether oxygens (including phenoxy) is 4. The highest BCUT2D eigenvalue weighted by atomic mass is 19.1. The molecule has 0 aromatic heterocycles. The molecule has 9 nitrogen and oxygen atoms in total. The lowest BCUT2D eigenvalue weighted by Gasteiger charge is -2.33. The number of hydrogen-bond acceptors (Lipinski definition) is 9. The number of hydrogen-bond donors (Lipinski definition) is 1. The monoisotopic (exact) mass is 499 g/mol. The summed E-state index contributed by atoms with van der Waals surface area (Å²) >= 11 is 0. The van der Waals surface area contributed by atoms with E-state index >= 15 is 8.78 Å². The number of morpholine rings is 1. The molecule has 0 radical (unpaired) electrons. The van der Waals surface area contributed by atoms with E-state index in [1.54, 1.807) is 20.8 Å². The first-order valence-electron chi connectivity index (χ1n) is 11.3. The van der Waals surface area contributed by atoms with E-state index in [4.69, 9.17) is 18.9 Å². The summed E-state index contributed by atoms with van der Waals surface area (Å²) in [4.78, 5) is 52.1. The fourth-order valence-electron chi connectivity index (χ4n) is 3.59. The van der Waals surface area contributed by atoms with Crippen molar-refractivity contribution in [3.05, 3.63) is 34.9 Å². The van der Waals surface area contributed by atoms with Gasteiger partial charge in [-0.1, -0.05) is 0 Å². The van der Waals surface area contributed by atoms with Crippen LogP contribution in [-0.2, 0) is 28.5 Å². The molecule has 35 heavy (non-hydrogen) atoms. The molecule has 1 heterocycles. The number of carbonyl (C=O) groups excluding carboxylic acids is 4. The number of carbonyl (C=O) groups is 4. The average Bonchev–Trinajstić information content (AvgIpc) is 2.76. The number of Topliss-reactive ketones (excluding diaryl/α,β-unsaturated/α-hetero) is 1. The van der Waals surface area contributed by atoms with Crippen LogP contribution in [0, 0.1) is 17.0 Å². The molecule has 1 saturated heterocycles. The van der Waals surface area contributed by atoms with Gasteiger partial charge < -0.3 is 24.3 Å². The van der Waals surface area contributed by atoms with Crippen LogP contribution in [0.1, 0.15) is 61.8 Å². The van der Waals surface area contributed by atoms with Gasteiger partial charge in [0.1, 0.15) is 17.2 Å². The maximum atomic E-state index is 15.1. The number of ketones is 1. The molecule has 1 aliphatic heterocycles. The maximum Gasteiger partial charge on any atom is 0.338 e. The van der Waals surface area contributed by atoms with Gasteiger partial charge in [-0.25, -0.2) is 13.6 Å². The molecule has 2 rings (SSSR count). The van der Waals surface area contributed by atoms with Crippen LogP contribution < -0.4 is 5.32 Å². The van der Waals surface area contributed by atoms with Crippen molar-refractivity contribution >= 4 is 23.7 Å².